The molecule has 0 spiro atoms. The highest BCUT2D eigenvalue weighted by molar-refractivity contribution is 6.30. The maximum atomic E-state index is 12.8. The van der Waals surface area contributed by atoms with Crippen LogP contribution in [0.1, 0.15) is 22.4 Å². The molecule has 30 heavy (non-hydrogen) atoms. The van der Waals surface area contributed by atoms with Gasteiger partial charge in [-0.3, -0.25) is 19.9 Å². The second-order valence-corrected chi connectivity index (χ2v) is 6.28. The van der Waals surface area contributed by atoms with Gasteiger partial charge >= 0.3 is 11.8 Å². The van der Waals surface area contributed by atoms with Crippen LogP contribution in [-0.2, 0) is 4.74 Å². The Balaban J connectivity index is 1.65. The minimum atomic E-state index is -1.34. The molecule has 1 atom stereocenters. The van der Waals surface area contributed by atoms with Crippen molar-refractivity contribution in [1.82, 2.24) is 15.0 Å². The number of hydrogen-bond acceptors (Lipinski definition) is 9. The molecule has 1 aliphatic rings. The Kier molecular flexibility index (Phi) is 4.94. The molecule has 150 valence electrons. The molecule has 11 nitrogen and oxygen atoms in total. The number of ether oxygens (including phenoxy) is 2. The Bertz CT molecular complexity index is 1160. The van der Waals surface area contributed by atoms with E-state index < -0.39 is 28.9 Å². The predicted octanol–water partition coefficient (Wildman–Crippen LogP) is 3.31. The molecule has 3 heterocycles. The zero-order chi connectivity index (χ0) is 21.3. The standard InChI is InChI=1S/C18H10ClN5O6/c19-10-5-6-13(22-9-10)23-16(25)14-15(21-8-7-20-14)17(23)30-18(26)29-12-4-2-1-3-11(12)24(27)28/h1-9,17H/t17-/m0/s1. The van der Waals surface area contributed by atoms with E-state index in [2.05, 4.69) is 15.0 Å². The number of pyridine rings is 1. The lowest BCUT2D eigenvalue weighted by atomic mass is 10.3. The summed E-state index contributed by atoms with van der Waals surface area (Å²) >= 11 is 5.84. The van der Waals surface area contributed by atoms with Gasteiger partial charge in [-0.1, -0.05) is 23.7 Å². The monoisotopic (exact) mass is 427 g/mol. The summed E-state index contributed by atoms with van der Waals surface area (Å²) in [6.07, 6.45) is 1.34. The highest BCUT2D eigenvalue weighted by Crippen LogP contribution is 2.36. The summed E-state index contributed by atoms with van der Waals surface area (Å²) in [6.45, 7) is 0. The number of aromatic nitrogens is 3. The topological polar surface area (TPSA) is 138 Å². The lowest BCUT2D eigenvalue weighted by Gasteiger charge is -2.22. The first-order valence-corrected chi connectivity index (χ1v) is 8.71. The van der Waals surface area contributed by atoms with Crippen LogP contribution in [0.4, 0.5) is 16.3 Å². The summed E-state index contributed by atoms with van der Waals surface area (Å²) in [5.74, 6) is -0.781. The van der Waals surface area contributed by atoms with Crippen LogP contribution >= 0.6 is 11.6 Å². The molecule has 0 bridgehead atoms. The van der Waals surface area contributed by atoms with Gasteiger partial charge in [0.05, 0.1) is 9.95 Å². The van der Waals surface area contributed by atoms with Crippen molar-refractivity contribution in [2.75, 3.05) is 4.90 Å². The summed E-state index contributed by atoms with van der Waals surface area (Å²) in [6, 6.07) is 8.25. The first-order chi connectivity index (χ1) is 14.5. The van der Waals surface area contributed by atoms with Crippen molar-refractivity contribution in [3.05, 3.63) is 81.5 Å². The molecule has 1 amide bonds. The lowest BCUT2D eigenvalue weighted by Crippen LogP contribution is -2.32. The molecule has 1 aromatic carbocycles. The van der Waals surface area contributed by atoms with Crippen LogP contribution in [0.3, 0.4) is 0 Å². The van der Waals surface area contributed by atoms with Crippen molar-refractivity contribution >= 4 is 35.2 Å². The number of carbonyl (C=O) groups is 2. The number of nitro groups is 1. The third-order valence-electron chi connectivity index (χ3n) is 4.04. The smallest absolute Gasteiger partial charge is 0.403 e. The zero-order valence-electron chi connectivity index (χ0n) is 14.8. The van der Waals surface area contributed by atoms with E-state index in [9.17, 15) is 19.7 Å². The molecule has 0 aliphatic carbocycles. The number of rotatable bonds is 4. The normalized spacial score (nSPS) is 14.9. The molecule has 3 aromatic rings. The van der Waals surface area contributed by atoms with E-state index in [1.807, 2.05) is 0 Å². The highest BCUT2D eigenvalue weighted by atomic mass is 35.5. The Labute approximate surface area is 173 Å². The van der Waals surface area contributed by atoms with Gasteiger partial charge in [0.2, 0.25) is 12.0 Å². The molecule has 0 radical (unpaired) electrons. The van der Waals surface area contributed by atoms with Gasteiger partial charge in [-0.05, 0) is 18.2 Å². The molecule has 0 fully saturated rings. The summed E-state index contributed by atoms with van der Waals surface area (Å²) < 4.78 is 10.3. The number of nitro benzene ring substituents is 1. The lowest BCUT2D eigenvalue weighted by molar-refractivity contribution is -0.385. The van der Waals surface area contributed by atoms with E-state index >= 15 is 0 Å². The summed E-state index contributed by atoms with van der Waals surface area (Å²) in [7, 11) is 0. The maximum absolute atomic E-state index is 12.8. The van der Waals surface area contributed by atoms with Crippen LogP contribution in [0.15, 0.2) is 55.0 Å². The Hall–Kier alpha value is -4.12. The minimum absolute atomic E-state index is 0.0299. The van der Waals surface area contributed by atoms with E-state index in [1.165, 1.54) is 55.0 Å². The van der Waals surface area contributed by atoms with Gasteiger partial charge < -0.3 is 9.47 Å². The van der Waals surface area contributed by atoms with E-state index in [-0.39, 0.29) is 23.0 Å². The van der Waals surface area contributed by atoms with Gasteiger partial charge in [0, 0.05) is 24.7 Å². The van der Waals surface area contributed by atoms with Crippen LogP contribution in [0.5, 0.6) is 5.75 Å². The van der Waals surface area contributed by atoms with Gasteiger partial charge in [-0.25, -0.2) is 19.7 Å². The van der Waals surface area contributed by atoms with E-state index in [1.54, 1.807) is 0 Å². The average Bonchev–Trinajstić information content (AvgIpc) is 3.01. The number of hydrogen-bond donors (Lipinski definition) is 0. The van der Waals surface area contributed by atoms with Crippen molar-refractivity contribution in [2.45, 2.75) is 6.23 Å². The fraction of sp³-hybridized carbons (Fsp3) is 0.0556. The number of carbonyl (C=O) groups excluding carboxylic acids is 2. The van der Waals surface area contributed by atoms with E-state index in [0.717, 1.165) is 4.90 Å². The van der Waals surface area contributed by atoms with Crippen molar-refractivity contribution < 1.29 is 24.0 Å². The molecule has 1 aliphatic heterocycles. The molecule has 0 unspecified atom stereocenters. The summed E-state index contributed by atoms with van der Waals surface area (Å²) in [5.41, 5.74) is -0.384. The Morgan fingerprint density at radius 3 is 2.63 bits per heavy atom. The van der Waals surface area contributed by atoms with Crippen molar-refractivity contribution in [2.24, 2.45) is 0 Å². The van der Waals surface area contributed by atoms with Gasteiger partial charge in [-0.2, -0.15) is 0 Å². The quantitative estimate of drug-likeness (QED) is 0.265. The van der Waals surface area contributed by atoms with Gasteiger partial charge in [0.25, 0.3) is 5.91 Å². The number of benzene rings is 1. The second kappa shape index (κ2) is 7.72. The van der Waals surface area contributed by atoms with Crippen LogP contribution in [0, 0.1) is 10.1 Å². The van der Waals surface area contributed by atoms with E-state index in [4.69, 9.17) is 21.1 Å². The maximum Gasteiger partial charge on any atom is 0.516 e. The number of fused-ring (bicyclic) bond motifs is 1. The fourth-order valence-corrected chi connectivity index (χ4v) is 2.89. The molecule has 2 aromatic heterocycles. The number of anilines is 1. The largest absolute Gasteiger partial charge is 0.516 e. The number of halogens is 1. The predicted molar refractivity (Wildman–Crippen MR) is 101 cm³/mol. The molecule has 4 rings (SSSR count). The van der Waals surface area contributed by atoms with E-state index in [0.29, 0.717) is 5.02 Å². The third kappa shape index (κ3) is 3.49. The molecular weight excluding hydrogens is 418 g/mol. The van der Waals surface area contributed by atoms with Gasteiger partial charge in [-0.15, -0.1) is 0 Å². The molecule has 0 saturated carbocycles. The van der Waals surface area contributed by atoms with Crippen LogP contribution in [0.25, 0.3) is 0 Å². The molecule has 0 saturated heterocycles. The first-order valence-electron chi connectivity index (χ1n) is 8.33. The Morgan fingerprint density at radius 2 is 1.90 bits per heavy atom. The zero-order valence-corrected chi connectivity index (χ0v) is 15.6. The SMILES string of the molecule is O=C(Oc1ccccc1[N+](=O)[O-])O[C@H]1c2nccnc2C(=O)N1c1ccc(Cl)cn1. The van der Waals surface area contributed by atoms with Crippen LogP contribution < -0.4 is 9.64 Å². The Morgan fingerprint density at radius 1 is 1.13 bits per heavy atom. The molecule has 12 heteroatoms. The van der Waals surface area contributed by atoms with Crippen molar-refractivity contribution in [3.63, 3.8) is 0 Å². The first kappa shape index (κ1) is 19.2. The fourth-order valence-electron chi connectivity index (χ4n) is 2.78. The van der Waals surface area contributed by atoms with Crippen molar-refractivity contribution in [1.29, 1.82) is 0 Å². The summed E-state index contributed by atoms with van der Waals surface area (Å²) in [5, 5.41) is 11.4. The third-order valence-corrected chi connectivity index (χ3v) is 4.26. The van der Waals surface area contributed by atoms with Gasteiger partial charge in [0.15, 0.2) is 5.69 Å². The highest BCUT2D eigenvalue weighted by Gasteiger charge is 2.44. The van der Waals surface area contributed by atoms with Gasteiger partial charge in [0.1, 0.15) is 11.5 Å². The van der Waals surface area contributed by atoms with Crippen molar-refractivity contribution in [3.8, 4) is 5.75 Å². The summed E-state index contributed by atoms with van der Waals surface area (Å²) in [4.78, 5) is 48.8. The minimum Gasteiger partial charge on any atom is -0.403 e. The van der Waals surface area contributed by atoms with Crippen LogP contribution in [-0.4, -0.2) is 31.9 Å². The molecular formula is C18H10ClN5O6. The number of amides is 1. The molecule has 0 N–H and O–H groups in total. The number of nitrogens with zero attached hydrogens (tertiary/aromatic N) is 5. The second-order valence-electron chi connectivity index (χ2n) is 5.85. The average molecular weight is 428 g/mol. The van der Waals surface area contributed by atoms with Crippen LogP contribution in [0.2, 0.25) is 5.02 Å². The number of para-hydroxylation sites is 2.